The molecule has 0 aliphatic carbocycles. The Morgan fingerprint density at radius 2 is 1.77 bits per heavy atom. The van der Waals surface area contributed by atoms with E-state index >= 15 is 0 Å². The van der Waals surface area contributed by atoms with Gasteiger partial charge in [0, 0.05) is 5.75 Å². The zero-order chi connectivity index (χ0) is 22.4. The maximum Gasteiger partial charge on any atom is 0.264 e. The number of nitrogens with zero attached hydrogens (tertiary/aromatic N) is 3. The topological polar surface area (TPSA) is 92.3 Å². The fourth-order valence-electron chi connectivity index (χ4n) is 2.93. The fraction of sp³-hybridized carbons (Fsp3) is 0.286. The van der Waals surface area contributed by atoms with E-state index in [1.807, 2.05) is 19.9 Å². The molecule has 1 heterocycles. The lowest BCUT2D eigenvalue weighted by Crippen LogP contribution is -2.38. The molecule has 3 rings (SSSR count). The van der Waals surface area contributed by atoms with Gasteiger partial charge in [0.25, 0.3) is 10.0 Å². The van der Waals surface area contributed by atoms with Crippen molar-refractivity contribution in [2.24, 2.45) is 0 Å². The van der Waals surface area contributed by atoms with Crippen molar-refractivity contribution in [2.45, 2.75) is 36.4 Å². The number of aryl methyl sites for hydroxylation is 2. The number of hydrogen-bond donors (Lipinski definition) is 1. The molecule has 10 heteroatoms. The first-order valence-corrected chi connectivity index (χ1v) is 13.0. The zero-order valence-corrected chi connectivity index (χ0v) is 20.0. The first-order valence-electron chi connectivity index (χ1n) is 9.72. The summed E-state index contributed by atoms with van der Waals surface area (Å²) in [4.78, 5) is 12.9. The quantitative estimate of drug-likeness (QED) is 0.361. The highest BCUT2D eigenvalue weighted by Crippen LogP contribution is 2.28. The number of hydrogen-bond acceptors (Lipinski definition) is 7. The van der Waals surface area contributed by atoms with E-state index in [0.717, 1.165) is 31.9 Å². The molecule has 0 spiro atoms. The summed E-state index contributed by atoms with van der Waals surface area (Å²) in [5.74, 6) is 0.431. The van der Waals surface area contributed by atoms with Crippen LogP contribution < -0.4 is 9.62 Å². The second kappa shape index (κ2) is 10.3. The molecule has 0 atom stereocenters. The second-order valence-corrected chi connectivity index (χ2v) is 11.1. The van der Waals surface area contributed by atoms with Crippen LogP contribution in [0.15, 0.2) is 57.8 Å². The number of thioether (sulfide) groups is 1. The molecule has 2 aromatic carbocycles. The van der Waals surface area contributed by atoms with Gasteiger partial charge >= 0.3 is 0 Å². The van der Waals surface area contributed by atoms with Crippen molar-refractivity contribution in [1.82, 2.24) is 10.2 Å². The number of carbonyl (C=O) groups excluding carboxylic acids is 1. The normalized spacial score (nSPS) is 11.3. The smallest absolute Gasteiger partial charge is 0.264 e. The van der Waals surface area contributed by atoms with Gasteiger partial charge in [-0.3, -0.25) is 14.4 Å². The molecule has 0 saturated carbocycles. The highest BCUT2D eigenvalue weighted by Gasteiger charge is 2.27. The van der Waals surface area contributed by atoms with Crippen LogP contribution in [-0.2, 0) is 14.8 Å². The van der Waals surface area contributed by atoms with Crippen molar-refractivity contribution < 1.29 is 13.2 Å². The van der Waals surface area contributed by atoms with Gasteiger partial charge in [0.15, 0.2) is 4.34 Å². The molecule has 0 aliphatic heterocycles. The minimum absolute atomic E-state index is 0.121. The summed E-state index contributed by atoms with van der Waals surface area (Å²) in [6.45, 7) is 5.48. The average Bonchev–Trinajstić information content (AvgIpc) is 3.17. The number of rotatable bonds is 9. The molecule has 0 fully saturated rings. The zero-order valence-electron chi connectivity index (χ0n) is 17.5. The molecule has 1 amide bonds. The molecule has 3 aromatic rings. The van der Waals surface area contributed by atoms with E-state index < -0.39 is 15.9 Å². The minimum atomic E-state index is -3.95. The van der Waals surface area contributed by atoms with Crippen LogP contribution in [0.1, 0.15) is 24.5 Å². The third-order valence-electron chi connectivity index (χ3n) is 4.20. The van der Waals surface area contributed by atoms with Crippen molar-refractivity contribution in [3.63, 3.8) is 0 Å². The van der Waals surface area contributed by atoms with E-state index in [-0.39, 0.29) is 11.4 Å². The molecule has 1 N–H and O–H groups in total. The fourth-order valence-corrected chi connectivity index (χ4v) is 6.05. The van der Waals surface area contributed by atoms with Gasteiger partial charge < -0.3 is 0 Å². The van der Waals surface area contributed by atoms with Crippen LogP contribution in [0, 0.1) is 13.8 Å². The van der Waals surface area contributed by atoms with Gasteiger partial charge in [-0.15, -0.1) is 10.2 Å². The molecule has 7 nitrogen and oxygen atoms in total. The van der Waals surface area contributed by atoms with Crippen LogP contribution in [-0.4, -0.2) is 36.8 Å². The first-order chi connectivity index (χ1) is 14.8. The van der Waals surface area contributed by atoms with Crippen LogP contribution >= 0.6 is 23.1 Å². The minimum Gasteiger partial charge on any atom is -0.299 e. The summed E-state index contributed by atoms with van der Waals surface area (Å²) in [6.07, 6.45) is 1.01. The molecule has 164 valence electrons. The number of nitrogens with one attached hydrogen (secondary N) is 1. The van der Waals surface area contributed by atoms with Crippen LogP contribution in [0.5, 0.6) is 0 Å². The molecule has 0 aliphatic rings. The van der Waals surface area contributed by atoms with Gasteiger partial charge in [0.1, 0.15) is 6.54 Å². The van der Waals surface area contributed by atoms with Gasteiger partial charge in [-0.2, -0.15) is 0 Å². The SMILES string of the molecule is CCCSc1nnc(NC(=O)CN(c2cc(C)cc(C)c2)S(=O)(=O)c2ccccc2)s1. The van der Waals surface area contributed by atoms with Crippen molar-refractivity contribution in [3.8, 4) is 0 Å². The second-order valence-electron chi connectivity index (χ2n) is 6.94. The Morgan fingerprint density at radius 1 is 1.10 bits per heavy atom. The molecule has 0 saturated heterocycles. The lowest BCUT2D eigenvalue weighted by Gasteiger charge is -2.24. The number of aromatic nitrogens is 2. The van der Waals surface area contributed by atoms with Crippen molar-refractivity contribution >= 4 is 49.8 Å². The molecule has 0 unspecified atom stereocenters. The van der Waals surface area contributed by atoms with Crippen LogP contribution in [0.2, 0.25) is 0 Å². The average molecular weight is 477 g/mol. The third kappa shape index (κ3) is 6.05. The predicted molar refractivity (Wildman–Crippen MR) is 126 cm³/mol. The van der Waals surface area contributed by atoms with Crippen molar-refractivity contribution in [1.29, 1.82) is 0 Å². The Balaban J connectivity index is 1.88. The van der Waals surface area contributed by atoms with E-state index in [4.69, 9.17) is 0 Å². The summed E-state index contributed by atoms with van der Waals surface area (Å²) in [5, 5.41) is 11.1. The molecule has 31 heavy (non-hydrogen) atoms. The summed E-state index contributed by atoms with van der Waals surface area (Å²) in [7, 11) is -3.95. The van der Waals surface area contributed by atoms with E-state index in [9.17, 15) is 13.2 Å². The number of amides is 1. The highest BCUT2D eigenvalue weighted by molar-refractivity contribution is 8.01. The summed E-state index contributed by atoms with van der Waals surface area (Å²) >= 11 is 2.84. The van der Waals surface area contributed by atoms with E-state index in [2.05, 4.69) is 22.4 Å². The van der Waals surface area contributed by atoms with E-state index in [1.54, 1.807) is 42.1 Å². The van der Waals surface area contributed by atoms with Gasteiger partial charge in [0.05, 0.1) is 10.6 Å². The Morgan fingerprint density at radius 3 is 2.42 bits per heavy atom. The van der Waals surface area contributed by atoms with Gasteiger partial charge in [-0.05, 0) is 55.7 Å². The lowest BCUT2D eigenvalue weighted by atomic mass is 10.1. The van der Waals surface area contributed by atoms with E-state index in [0.29, 0.717) is 10.8 Å². The predicted octanol–water partition coefficient (Wildman–Crippen LogP) is 4.49. The van der Waals surface area contributed by atoms with Gasteiger partial charge in [0.2, 0.25) is 11.0 Å². The largest absolute Gasteiger partial charge is 0.299 e. The third-order valence-corrected chi connectivity index (χ3v) is 8.16. The van der Waals surface area contributed by atoms with Crippen molar-refractivity contribution in [3.05, 3.63) is 59.7 Å². The number of anilines is 2. The van der Waals surface area contributed by atoms with Crippen molar-refractivity contribution in [2.75, 3.05) is 21.9 Å². The Labute approximate surface area is 191 Å². The number of carbonyl (C=O) groups is 1. The Kier molecular flexibility index (Phi) is 7.69. The molecular weight excluding hydrogens is 452 g/mol. The molecule has 0 bridgehead atoms. The Hall–Kier alpha value is -2.43. The standard InChI is InChI=1S/C21H24N4O3S3/c1-4-10-29-21-24-23-20(30-21)22-19(26)14-25(17-12-15(2)11-16(3)13-17)31(27,28)18-8-6-5-7-9-18/h5-9,11-13H,4,10,14H2,1-3H3,(H,22,23,26). The molecule has 1 aromatic heterocycles. The summed E-state index contributed by atoms with van der Waals surface area (Å²) in [6, 6.07) is 13.6. The Bertz CT molecular complexity index is 1130. The van der Waals surface area contributed by atoms with E-state index in [1.165, 1.54) is 23.5 Å². The van der Waals surface area contributed by atoms with Crippen LogP contribution in [0.25, 0.3) is 0 Å². The van der Waals surface area contributed by atoms with Crippen LogP contribution in [0.3, 0.4) is 0 Å². The molecular formula is C21H24N4O3S3. The number of benzene rings is 2. The maximum atomic E-state index is 13.4. The molecule has 0 radical (unpaired) electrons. The van der Waals surface area contributed by atoms with Crippen LogP contribution in [0.4, 0.5) is 10.8 Å². The van der Waals surface area contributed by atoms with Gasteiger partial charge in [-0.25, -0.2) is 8.42 Å². The highest BCUT2D eigenvalue weighted by atomic mass is 32.2. The summed E-state index contributed by atoms with van der Waals surface area (Å²) in [5.41, 5.74) is 2.25. The lowest BCUT2D eigenvalue weighted by molar-refractivity contribution is -0.114. The number of sulfonamides is 1. The maximum absolute atomic E-state index is 13.4. The van der Waals surface area contributed by atoms with Gasteiger partial charge in [-0.1, -0.05) is 54.3 Å². The monoisotopic (exact) mass is 476 g/mol. The summed E-state index contributed by atoms with van der Waals surface area (Å²) < 4.78 is 28.7. The first kappa shape index (κ1) is 23.2.